The van der Waals surface area contributed by atoms with Gasteiger partial charge < -0.3 is 14.8 Å². The van der Waals surface area contributed by atoms with Crippen LogP contribution in [0.5, 0.6) is 11.5 Å². The Labute approximate surface area is 130 Å². The third-order valence-corrected chi connectivity index (χ3v) is 3.96. The van der Waals surface area contributed by atoms with Crippen molar-refractivity contribution in [2.45, 2.75) is 32.7 Å². The second kappa shape index (κ2) is 6.35. The Bertz CT molecular complexity index is 580. The second-order valence-corrected chi connectivity index (χ2v) is 6.77. The summed E-state index contributed by atoms with van der Waals surface area (Å²) < 4.78 is 10.5. The van der Waals surface area contributed by atoms with Crippen molar-refractivity contribution in [3.63, 3.8) is 0 Å². The normalized spacial score (nSPS) is 11.3. The Morgan fingerprint density at radius 1 is 1.10 bits per heavy atom. The molecule has 0 atom stereocenters. The van der Waals surface area contributed by atoms with Gasteiger partial charge in [-0.25, -0.2) is 4.98 Å². The molecule has 0 bridgehead atoms. The molecule has 0 fully saturated rings. The zero-order valence-electron chi connectivity index (χ0n) is 13.2. The molecule has 1 N–H and O–H groups in total. The van der Waals surface area contributed by atoms with Crippen molar-refractivity contribution in [1.29, 1.82) is 0 Å². The van der Waals surface area contributed by atoms with Gasteiger partial charge in [0.2, 0.25) is 0 Å². The van der Waals surface area contributed by atoms with Crippen molar-refractivity contribution in [2.24, 2.45) is 0 Å². The highest BCUT2D eigenvalue weighted by Crippen LogP contribution is 2.27. The Kier molecular flexibility index (Phi) is 4.73. The van der Waals surface area contributed by atoms with Gasteiger partial charge in [-0.1, -0.05) is 20.8 Å². The molecule has 21 heavy (non-hydrogen) atoms. The number of anilines is 1. The lowest BCUT2D eigenvalue weighted by atomic mass is 9.93. The first kappa shape index (κ1) is 15.6. The first-order chi connectivity index (χ1) is 9.92. The summed E-state index contributed by atoms with van der Waals surface area (Å²) in [5, 5.41) is 6.56. The maximum atomic E-state index is 5.27. The molecule has 0 spiro atoms. The van der Waals surface area contributed by atoms with Gasteiger partial charge in [0.1, 0.15) is 16.5 Å². The fraction of sp³-hybridized carbons (Fsp3) is 0.438. The summed E-state index contributed by atoms with van der Waals surface area (Å²) in [5.74, 6) is 1.54. The van der Waals surface area contributed by atoms with Crippen LogP contribution >= 0.6 is 11.3 Å². The molecular formula is C16H22N2O2S. The maximum Gasteiger partial charge on any atom is 0.124 e. The molecule has 0 amide bonds. The average molecular weight is 306 g/mol. The predicted molar refractivity (Wildman–Crippen MR) is 87.7 cm³/mol. The van der Waals surface area contributed by atoms with Crippen molar-refractivity contribution in [3.05, 3.63) is 34.3 Å². The van der Waals surface area contributed by atoms with E-state index in [9.17, 15) is 0 Å². The summed E-state index contributed by atoms with van der Waals surface area (Å²) in [5.41, 5.74) is 2.18. The Balaban J connectivity index is 2.07. The van der Waals surface area contributed by atoms with Gasteiger partial charge in [-0.3, -0.25) is 0 Å². The Hall–Kier alpha value is -1.75. The molecule has 0 unspecified atom stereocenters. The summed E-state index contributed by atoms with van der Waals surface area (Å²) in [7, 11) is 3.30. The van der Waals surface area contributed by atoms with Gasteiger partial charge in [0, 0.05) is 34.7 Å². The van der Waals surface area contributed by atoms with Crippen LogP contribution in [0.25, 0.3) is 0 Å². The number of rotatable bonds is 5. The van der Waals surface area contributed by atoms with E-state index >= 15 is 0 Å². The molecule has 1 aromatic carbocycles. The lowest BCUT2D eigenvalue weighted by Crippen LogP contribution is -2.11. The van der Waals surface area contributed by atoms with Crippen molar-refractivity contribution in [2.75, 3.05) is 19.5 Å². The third-order valence-electron chi connectivity index (χ3n) is 3.12. The van der Waals surface area contributed by atoms with E-state index in [1.165, 1.54) is 0 Å². The third kappa shape index (κ3) is 4.11. The maximum absolute atomic E-state index is 5.27. The fourth-order valence-corrected chi connectivity index (χ4v) is 2.78. The molecule has 0 radical (unpaired) electrons. The highest BCUT2D eigenvalue weighted by molar-refractivity contribution is 7.09. The van der Waals surface area contributed by atoms with Crippen LogP contribution in [-0.4, -0.2) is 19.2 Å². The van der Waals surface area contributed by atoms with E-state index in [2.05, 4.69) is 36.5 Å². The smallest absolute Gasteiger partial charge is 0.124 e. The lowest BCUT2D eigenvalue weighted by Gasteiger charge is -2.14. The molecule has 5 heteroatoms. The van der Waals surface area contributed by atoms with E-state index in [1.807, 2.05) is 18.2 Å². The number of nitrogens with one attached hydrogen (secondary N) is 1. The average Bonchev–Trinajstić information content (AvgIpc) is 2.93. The van der Waals surface area contributed by atoms with Gasteiger partial charge in [-0.2, -0.15) is 0 Å². The molecule has 1 aromatic heterocycles. The number of nitrogens with zero attached hydrogens (tertiary/aromatic N) is 1. The summed E-state index contributed by atoms with van der Waals surface area (Å²) >= 11 is 1.68. The zero-order chi connectivity index (χ0) is 15.5. The molecule has 0 aliphatic heterocycles. The van der Waals surface area contributed by atoms with E-state index in [1.54, 1.807) is 25.6 Å². The molecule has 0 aliphatic carbocycles. The van der Waals surface area contributed by atoms with Crippen LogP contribution in [0.1, 0.15) is 31.5 Å². The van der Waals surface area contributed by atoms with Crippen LogP contribution in [0.15, 0.2) is 23.6 Å². The van der Waals surface area contributed by atoms with E-state index < -0.39 is 0 Å². The molecule has 1 heterocycles. The summed E-state index contributed by atoms with van der Waals surface area (Å²) in [6.45, 7) is 7.21. The lowest BCUT2D eigenvalue weighted by molar-refractivity contribution is 0.394. The molecule has 0 aliphatic rings. The van der Waals surface area contributed by atoms with E-state index in [4.69, 9.17) is 9.47 Å². The number of thiazole rings is 1. The van der Waals surface area contributed by atoms with Gasteiger partial charge in [0.25, 0.3) is 0 Å². The molecule has 0 saturated carbocycles. The van der Waals surface area contributed by atoms with Gasteiger partial charge in [0.15, 0.2) is 0 Å². The van der Waals surface area contributed by atoms with Crippen molar-refractivity contribution < 1.29 is 9.47 Å². The van der Waals surface area contributed by atoms with Gasteiger partial charge >= 0.3 is 0 Å². The standard InChI is InChI=1S/C16H22N2O2S/c1-16(2,3)14-10-21-15(18-14)9-17-11-6-12(19-4)8-13(7-11)20-5/h6-8,10,17H,9H2,1-5H3. The fourth-order valence-electron chi connectivity index (χ4n) is 1.82. The number of aromatic nitrogens is 1. The summed E-state index contributed by atoms with van der Waals surface area (Å²) in [6.07, 6.45) is 0. The number of hydrogen-bond donors (Lipinski definition) is 1. The van der Waals surface area contributed by atoms with Gasteiger partial charge in [0.05, 0.1) is 26.5 Å². The Morgan fingerprint density at radius 2 is 1.71 bits per heavy atom. The molecule has 2 rings (SSSR count). The van der Waals surface area contributed by atoms with Crippen molar-refractivity contribution >= 4 is 17.0 Å². The van der Waals surface area contributed by atoms with Gasteiger partial charge in [-0.15, -0.1) is 11.3 Å². The van der Waals surface area contributed by atoms with E-state index in [-0.39, 0.29) is 5.41 Å². The van der Waals surface area contributed by atoms with Crippen LogP contribution in [0.2, 0.25) is 0 Å². The van der Waals surface area contributed by atoms with E-state index in [0.717, 1.165) is 27.9 Å². The highest BCUT2D eigenvalue weighted by Gasteiger charge is 2.17. The van der Waals surface area contributed by atoms with Crippen LogP contribution in [0.3, 0.4) is 0 Å². The quantitative estimate of drug-likeness (QED) is 0.904. The van der Waals surface area contributed by atoms with Crippen LogP contribution in [0, 0.1) is 0 Å². The summed E-state index contributed by atoms with van der Waals surface area (Å²) in [6, 6.07) is 5.74. The SMILES string of the molecule is COc1cc(NCc2nc(C(C)(C)C)cs2)cc(OC)c1. The van der Waals surface area contributed by atoms with Gasteiger partial charge in [-0.05, 0) is 0 Å². The summed E-state index contributed by atoms with van der Waals surface area (Å²) in [4.78, 5) is 4.68. The van der Waals surface area contributed by atoms with Crippen molar-refractivity contribution in [3.8, 4) is 11.5 Å². The molecule has 4 nitrogen and oxygen atoms in total. The second-order valence-electron chi connectivity index (χ2n) is 5.83. The topological polar surface area (TPSA) is 43.4 Å². The van der Waals surface area contributed by atoms with Crippen LogP contribution < -0.4 is 14.8 Å². The number of hydrogen-bond acceptors (Lipinski definition) is 5. The minimum atomic E-state index is 0.0912. The van der Waals surface area contributed by atoms with Crippen molar-refractivity contribution in [1.82, 2.24) is 4.98 Å². The van der Waals surface area contributed by atoms with E-state index in [0.29, 0.717) is 6.54 Å². The number of ether oxygens (including phenoxy) is 2. The molecule has 0 saturated heterocycles. The molecule has 114 valence electrons. The molecular weight excluding hydrogens is 284 g/mol. The Morgan fingerprint density at radius 3 is 2.19 bits per heavy atom. The minimum Gasteiger partial charge on any atom is -0.497 e. The number of methoxy groups -OCH3 is 2. The zero-order valence-corrected chi connectivity index (χ0v) is 14.0. The monoisotopic (exact) mass is 306 g/mol. The molecule has 2 aromatic rings. The predicted octanol–water partition coefficient (Wildman–Crippen LogP) is 4.07. The van der Waals surface area contributed by atoms with Crippen LogP contribution in [-0.2, 0) is 12.0 Å². The highest BCUT2D eigenvalue weighted by atomic mass is 32.1. The van der Waals surface area contributed by atoms with Crippen LogP contribution in [0.4, 0.5) is 5.69 Å². The minimum absolute atomic E-state index is 0.0912. The largest absolute Gasteiger partial charge is 0.497 e. The number of benzene rings is 1. The first-order valence-electron chi connectivity index (χ1n) is 6.84. The first-order valence-corrected chi connectivity index (χ1v) is 7.72.